The molecule has 0 aromatic heterocycles. The maximum atomic E-state index is 13.3. The number of benzene rings is 2. The molecule has 1 amide bonds. The summed E-state index contributed by atoms with van der Waals surface area (Å²) in [5.41, 5.74) is 2.19. The third-order valence-corrected chi connectivity index (χ3v) is 11.5. The molecule has 0 saturated heterocycles. The Hall–Kier alpha value is -3.81. The molecule has 0 bridgehead atoms. The molecular weight excluding hydrogens is 504 g/mol. The van der Waals surface area contributed by atoms with Gasteiger partial charge >= 0.3 is 6.09 Å². The third kappa shape index (κ3) is 5.84. The second-order valence-corrected chi connectivity index (χ2v) is 15.2. The minimum atomic E-state index is -2.03. The van der Waals surface area contributed by atoms with Gasteiger partial charge in [0, 0.05) is 5.56 Å². The second kappa shape index (κ2) is 11.3. The van der Waals surface area contributed by atoms with Crippen LogP contribution < -0.4 is 14.4 Å². The highest BCUT2D eigenvalue weighted by Crippen LogP contribution is 2.40. The zero-order chi connectivity index (χ0) is 28.3. The summed E-state index contributed by atoms with van der Waals surface area (Å²) >= 11 is 0. The molecule has 3 rings (SSSR count). The van der Waals surface area contributed by atoms with Crippen LogP contribution in [-0.4, -0.2) is 46.2 Å². The molecule has 0 radical (unpaired) electrons. The number of rotatable bonds is 8. The number of anilines is 1. The van der Waals surface area contributed by atoms with E-state index < -0.39 is 25.4 Å². The maximum Gasteiger partial charge on any atom is 0.415 e. The molecular formula is C28H34N2O7Si. The summed E-state index contributed by atoms with van der Waals surface area (Å²) in [5.74, 6) is 3.13. The first kappa shape index (κ1) is 28.8. The quantitative estimate of drug-likeness (QED) is 0.171. The van der Waals surface area contributed by atoms with E-state index in [0.29, 0.717) is 12.3 Å². The van der Waals surface area contributed by atoms with E-state index in [1.54, 1.807) is 6.07 Å². The predicted molar refractivity (Wildman–Crippen MR) is 149 cm³/mol. The molecule has 1 unspecified atom stereocenters. The smallest absolute Gasteiger partial charge is 0.415 e. The predicted octanol–water partition coefficient (Wildman–Crippen LogP) is 6.18. The maximum absolute atomic E-state index is 13.3. The van der Waals surface area contributed by atoms with Crippen molar-refractivity contribution in [2.45, 2.75) is 51.6 Å². The summed E-state index contributed by atoms with van der Waals surface area (Å²) in [5, 5.41) is 11.7. The fraction of sp³-hybridized carbons (Fsp3) is 0.393. The summed E-state index contributed by atoms with van der Waals surface area (Å²) in [4.78, 5) is 25.8. The van der Waals surface area contributed by atoms with Gasteiger partial charge in [-0.1, -0.05) is 44.9 Å². The Morgan fingerprint density at radius 1 is 1.13 bits per heavy atom. The van der Waals surface area contributed by atoms with Gasteiger partial charge in [-0.15, -0.1) is 6.42 Å². The number of nitrogens with zero attached hydrogens (tertiary/aromatic N) is 2. The van der Waals surface area contributed by atoms with E-state index in [2.05, 4.69) is 39.8 Å². The van der Waals surface area contributed by atoms with Crippen molar-refractivity contribution in [1.82, 2.24) is 0 Å². The molecule has 1 atom stereocenters. The lowest BCUT2D eigenvalue weighted by Gasteiger charge is -2.38. The molecule has 38 heavy (non-hydrogen) atoms. The number of amides is 1. The summed E-state index contributed by atoms with van der Waals surface area (Å²) in [6.07, 6.45) is 6.94. The number of para-hydroxylation sites is 1. The molecule has 0 spiro atoms. The number of fused-ring (bicyclic) bond motifs is 1. The van der Waals surface area contributed by atoms with E-state index in [9.17, 15) is 14.9 Å². The van der Waals surface area contributed by atoms with Gasteiger partial charge in [0.15, 0.2) is 19.8 Å². The standard InChI is InChI=1S/C28H34N2O7Si/c1-9-21-14-19(18-37-38(7,8)28(2,3)4)22-12-10-11-13-23(22)29(21)27(31)36-17-20-15-25(34-5)26(35-6)16-24(20)30(32)33/h1,10-16,21H,17-18H2,2-8H3. The van der Waals surface area contributed by atoms with Crippen LogP contribution >= 0.6 is 0 Å². The Balaban J connectivity index is 1.89. The van der Waals surface area contributed by atoms with Crippen molar-refractivity contribution in [3.8, 4) is 23.8 Å². The summed E-state index contributed by atoms with van der Waals surface area (Å²) in [6, 6.07) is 9.32. The number of carbonyl (C=O) groups is 1. The van der Waals surface area contributed by atoms with Gasteiger partial charge in [0.1, 0.15) is 12.6 Å². The Morgan fingerprint density at radius 2 is 1.76 bits per heavy atom. The minimum absolute atomic E-state index is 0.0376. The fourth-order valence-electron chi connectivity index (χ4n) is 3.80. The zero-order valence-corrected chi connectivity index (χ0v) is 23.9. The van der Waals surface area contributed by atoms with Crippen LogP contribution in [0.25, 0.3) is 5.57 Å². The van der Waals surface area contributed by atoms with Crippen molar-refractivity contribution in [1.29, 1.82) is 0 Å². The van der Waals surface area contributed by atoms with Crippen LogP contribution in [-0.2, 0) is 15.8 Å². The number of hydrogen-bond donors (Lipinski definition) is 0. The molecule has 1 aliphatic rings. The summed E-state index contributed by atoms with van der Waals surface area (Å²) in [6.45, 7) is 10.9. The highest BCUT2D eigenvalue weighted by Gasteiger charge is 2.38. The Kier molecular flexibility index (Phi) is 8.54. The van der Waals surface area contributed by atoms with Crippen LogP contribution in [0.5, 0.6) is 11.5 Å². The molecule has 1 aliphatic heterocycles. The van der Waals surface area contributed by atoms with Crippen molar-refractivity contribution < 1.29 is 28.4 Å². The van der Waals surface area contributed by atoms with E-state index in [4.69, 9.17) is 25.1 Å². The molecule has 0 aliphatic carbocycles. The van der Waals surface area contributed by atoms with Crippen LogP contribution in [0.2, 0.25) is 18.1 Å². The number of methoxy groups -OCH3 is 2. The Morgan fingerprint density at radius 3 is 2.34 bits per heavy atom. The Labute approximate surface area is 224 Å². The highest BCUT2D eigenvalue weighted by molar-refractivity contribution is 6.74. The largest absolute Gasteiger partial charge is 0.493 e. The monoisotopic (exact) mass is 538 g/mol. The zero-order valence-electron chi connectivity index (χ0n) is 22.9. The van der Waals surface area contributed by atoms with Gasteiger partial charge < -0.3 is 18.6 Å². The van der Waals surface area contributed by atoms with Gasteiger partial charge in [-0.2, -0.15) is 0 Å². The molecule has 0 saturated carbocycles. The van der Waals surface area contributed by atoms with Crippen LogP contribution in [0.3, 0.4) is 0 Å². The molecule has 10 heteroatoms. The molecule has 2 aromatic rings. The van der Waals surface area contributed by atoms with E-state index in [1.165, 1.54) is 31.3 Å². The van der Waals surface area contributed by atoms with Crippen LogP contribution in [0.1, 0.15) is 31.9 Å². The third-order valence-electron chi connectivity index (χ3n) is 7.04. The number of ether oxygens (including phenoxy) is 3. The van der Waals surface area contributed by atoms with Gasteiger partial charge in [0.2, 0.25) is 0 Å². The number of nitro benzene ring substituents is 1. The van der Waals surface area contributed by atoms with Crippen LogP contribution in [0.15, 0.2) is 42.5 Å². The molecule has 1 heterocycles. The van der Waals surface area contributed by atoms with E-state index in [1.807, 2.05) is 24.3 Å². The number of hydrogen-bond acceptors (Lipinski definition) is 7. The Bertz CT molecular complexity index is 1290. The van der Waals surface area contributed by atoms with E-state index in [-0.39, 0.29) is 34.4 Å². The lowest BCUT2D eigenvalue weighted by atomic mass is 9.96. The first-order valence-corrected chi connectivity index (χ1v) is 15.0. The van der Waals surface area contributed by atoms with Crippen molar-refractivity contribution in [2.24, 2.45) is 0 Å². The second-order valence-electron chi connectivity index (χ2n) is 10.4. The lowest BCUT2D eigenvalue weighted by molar-refractivity contribution is -0.385. The molecule has 9 nitrogen and oxygen atoms in total. The average Bonchev–Trinajstić information content (AvgIpc) is 2.88. The van der Waals surface area contributed by atoms with Gasteiger partial charge in [0.05, 0.1) is 43.1 Å². The molecule has 2 aromatic carbocycles. The van der Waals surface area contributed by atoms with E-state index >= 15 is 0 Å². The van der Waals surface area contributed by atoms with Gasteiger partial charge in [-0.25, -0.2) is 4.79 Å². The van der Waals surface area contributed by atoms with Crippen LogP contribution in [0.4, 0.5) is 16.2 Å². The van der Waals surface area contributed by atoms with Crippen LogP contribution in [0, 0.1) is 22.5 Å². The topological polar surface area (TPSA) is 100 Å². The number of terminal acetylenes is 1. The van der Waals surface area contributed by atoms with Crippen molar-refractivity contribution >= 4 is 31.4 Å². The average molecular weight is 539 g/mol. The van der Waals surface area contributed by atoms with Crippen molar-refractivity contribution in [3.63, 3.8) is 0 Å². The normalized spacial score (nSPS) is 15.2. The van der Waals surface area contributed by atoms with E-state index in [0.717, 1.165) is 11.1 Å². The number of nitro groups is 1. The lowest BCUT2D eigenvalue weighted by Crippen LogP contribution is -2.43. The first-order chi connectivity index (χ1) is 17.8. The number of carbonyl (C=O) groups excluding carboxylic acids is 1. The van der Waals surface area contributed by atoms with Gasteiger partial charge in [0.25, 0.3) is 5.69 Å². The van der Waals surface area contributed by atoms with Gasteiger partial charge in [-0.05, 0) is 41.9 Å². The van der Waals surface area contributed by atoms with Gasteiger partial charge in [-0.3, -0.25) is 15.0 Å². The van der Waals surface area contributed by atoms with Crippen molar-refractivity contribution in [2.75, 3.05) is 25.7 Å². The SMILES string of the molecule is C#CC1C=C(CO[Si](C)(C)C(C)(C)C)c2ccccc2N1C(=O)OCc1cc(OC)c(OC)cc1[N+](=O)[O-]. The molecule has 202 valence electrons. The minimum Gasteiger partial charge on any atom is -0.493 e. The summed E-state index contributed by atoms with van der Waals surface area (Å²) in [7, 11) is 0.767. The fourth-order valence-corrected chi connectivity index (χ4v) is 4.75. The highest BCUT2D eigenvalue weighted by atomic mass is 28.4. The molecule has 0 fully saturated rings. The summed E-state index contributed by atoms with van der Waals surface area (Å²) < 4.78 is 22.4. The van der Waals surface area contributed by atoms with Crippen molar-refractivity contribution in [3.05, 3.63) is 63.7 Å². The molecule has 0 N–H and O–H groups in total. The first-order valence-electron chi connectivity index (χ1n) is 12.1.